The van der Waals surface area contributed by atoms with E-state index in [1.165, 1.54) is 5.56 Å². The Labute approximate surface area is 127 Å². The van der Waals surface area contributed by atoms with Crippen molar-refractivity contribution in [1.29, 1.82) is 0 Å². The largest absolute Gasteiger partial charge is 0.479 e. The van der Waals surface area contributed by atoms with Crippen LogP contribution in [-0.4, -0.2) is 31.3 Å². The highest BCUT2D eigenvalue weighted by Gasteiger charge is 2.19. The smallest absolute Gasteiger partial charge is 0.347 e. The molecule has 0 fully saturated rings. The third kappa shape index (κ3) is 6.17. The molecule has 0 heterocycles. The van der Waals surface area contributed by atoms with Crippen LogP contribution in [0.1, 0.15) is 39.7 Å². The van der Waals surface area contributed by atoms with E-state index in [1.54, 1.807) is 6.92 Å². The molecule has 0 spiro atoms. The molecule has 2 atom stereocenters. The van der Waals surface area contributed by atoms with Gasteiger partial charge in [-0.15, -0.1) is 0 Å². The van der Waals surface area contributed by atoms with Crippen LogP contribution in [0.15, 0.2) is 24.3 Å². The summed E-state index contributed by atoms with van der Waals surface area (Å²) < 4.78 is 10.7. The van der Waals surface area contributed by atoms with Gasteiger partial charge in [-0.25, -0.2) is 4.79 Å². The number of esters is 1. The molecule has 0 bridgehead atoms. The van der Waals surface area contributed by atoms with Crippen LogP contribution in [-0.2, 0) is 16.0 Å². The zero-order valence-corrected chi connectivity index (χ0v) is 13.5. The molecule has 1 aromatic rings. The van der Waals surface area contributed by atoms with Crippen molar-refractivity contribution in [1.82, 2.24) is 5.32 Å². The van der Waals surface area contributed by atoms with Gasteiger partial charge in [0.1, 0.15) is 5.75 Å². The summed E-state index contributed by atoms with van der Waals surface area (Å²) >= 11 is 0. The number of rotatable bonds is 9. The Hall–Kier alpha value is -1.55. The molecule has 1 rings (SSSR count). The van der Waals surface area contributed by atoms with Crippen molar-refractivity contribution in [2.75, 3.05) is 13.2 Å². The number of nitrogens with one attached hydrogen (secondary N) is 1. The maximum atomic E-state index is 11.7. The van der Waals surface area contributed by atoms with Gasteiger partial charge in [-0.2, -0.15) is 0 Å². The van der Waals surface area contributed by atoms with E-state index in [-0.39, 0.29) is 5.97 Å². The first-order valence-corrected chi connectivity index (χ1v) is 7.76. The van der Waals surface area contributed by atoms with Gasteiger partial charge in [-0.1, -0.05) is 26.0 Å². The fourth-order valence-corrected chi connectivity index (χ4v) is 2.18. The predicted molar refractivity (Wildman–Crippen MR) is 84.6 cm³/mol. The monoisotopic (exact) mass is 293 g/mol. The molecule has 0 amide bonds. The first kappa shape index (κ1) is 17.5. The average molecular weight is 293 g/mol. The van der Waals surface area contributed by atoms with Crippen LogP contribution < -0.4 is 10.1 Å². The topological polar surface area (TPSA) is 47.6 Å². The molecule has 4 nitrogen and oxygen atoms in total. The second kappa shape index (κ2) is 9.40. The number of benzene rings is 1. The van der Waals surface area contributed by atoms with Crippen molar-refractivity contribution in [2.45, 2.75) is 52.7 Å². The van der Waals surface area contributed by atoms with Crippen LogP contribution in [0.25, 0.3) is 0 Å². The Kier molecular flexibility index (Phi) is 7.83. The Morgan fingerprint density at radius 3 is 2.38 bits per heavy atom. The molecule has 0 radical (unpaired) electrons. The number of hydrogen-bond donors (Lipinski definition) is 1. The lowest BCUT2D eigenvalue weighted by Gasteiger charge is -2.17. The number of hydrogen-bond acceptors (Lipinski definition) is 4. The minimum atomic E-state index is -0.531. The maximum absolute atomic E-state index is 11.7. The highest BCUT2D eigenvalue weighted by molar-refractivity contribution is 5.75. The van der Waals surface area contributed by atoms with Gasteiger partial charge in [-0.05, 0) is 50.9 Å². The molecule has 0 saturated carbocycles. The molecule has 4 heteroatoms. The van der Waals surface area contributed by atoms with Crippen molar-refractivity contribution in [2.24, 2.45) is 0 Å². The minimum Gasteiger partial charge on any atom is -0.479 e. The van der Waals surface area contributed by atoms with Crippen LogP contribution in [0, 0.1) is 0 Å². The van der Waals surface area contributed by atoms with Crippen molar-refractivity contribution in [3.8, 4) is 5.75 Å². The first-order valence-electron chi connectivity index (χ1n) is 7.76. The van der Waals surface area contributed by atoms with Gasteiger partial charge in [-0.3, -0.25) is 0 Å². The second-order valence-electron chi connectivity index (χ2n) is 5.07. The molecule has 118 valence electrons. The zero-order chi connectivity index (χ0) is 15.7. The Balaban J connectivity index is 2.58. The van der Waals surface area contributed by atoms with Crippen molar-refractivity contribution in [3.05, 3.63) is 29.8 Å². The standard InChI is InChI=1S/C17H27NO3/c1-5-16(17(19)20-7-3)21-15-10-8-14(9-11-15)12-13(4)18-6-2/h8-11,13,16,18H,5-7,12H2,1-4H3. The van der Waals surface area contributed by atoms with Crippen LogP contribution in [0.3, 0.4) is 0 Å². The lowest BCUT2D eigenvalue weighted by molar-refractivity contribution is -0.151. The summed E-state index contributed by atoms with van der Waals surface area (Å²) in [5.41, 5.74) is 1.25. The maximum Gasteiger partial charge on any atom is 0.347 e. The molecule has 2 unspecified atom stereocenters. The van der Waals surface area contributed by atoms with Crippen LogP contribution in [0.2, 0.25) is 0 Å². The van der Waals surface area contributed by atoms with E-state index < -0.39 is 6.10 Å². The van der Waals surface area contributed by atoms with E-state index in [0.29, 0.717) is 24.8 Å². The second-order valence-corrected chi connectivity index (χ2v) is 5.07. The molecule has 0 aliphatic rings. The lowest BCUT2D eigenvalue weighted by atomic mass is 10.1. The van der Waals surface area contributed by atoms with Gasteiger partial charge >= 0.3 is 5.97 Å². The summed E-state index contributed by atoms with van der Waals surface area (Å²) in [6, 6.07) is 8.36. The lowest BCUT2D eigenvalue weighted by Crippen LogP contribution is -2.28. The van der Waals surface area contributed by atoms with Gasteiger partial charge in [0.15, 0.2) is 6.10 Å². The summed E-state index contributed by atoms with van der Waals surface area (Å²) in [6.07, 6.45) is 1.04. The fraction of sp³-hybridized carbons (Fsp3) is 0.588. The number of likely N-dealkylation sites (N-methyl/N-ethyl adjacent to an activating group) is 1. The average Bonchev–Trinajstić information content (AvgIpc) is 2.47. The van der Waals surface area contributed by atoms with E-state index in [0.717, 1.165) is 13.0 Å². The molecule has 1 N–H and O–H groups in total. The summed E-state index contributed by atoms with van der Waals surface area (Å²) in [7, 11) is 0. The van der Waals surface area contributed by atoms with Gasteiger partial charge in [0.25, 0.3) is 0 Å². The molecular weight excluding hydrogens is 266 g/mol. The SMILES string of the molecule is CCNC(C)Cc1ccc(OC(CC)C(=O)OCC)cc1. The Bertz CT molecular complexity index is 417. The molecule has 0 aliphatic carbocycles. The van der Waals surface area contributed by atoms with E-state index in [2.05, 4.69) is 19.2 Å². The van der Waals surface area contributed by atoms with Gasteiger partial charge in [0.05, 0.1) is 6.61 Å². The van der Waals surface area contributed by atoms with E-state index in [4.69, 9.17) is 9.47 Å². The number of carbonyl (C=O) groups excluding carboxylic acids is 1. The highest BCUT2D eigenvalue weighted by atomic mass is 16.6. The third-order valence-corrected chi connectivity index (χ3v) is 3.22. The van der Waals surface area contributed by atoms with Crippen LogP contribution in [0.5, 0.6) is 5.75 Å². The van der Waals surface area contributed by atoms with Gasteiger partial charge < -0.3 is 14.8 Å². The fourth-order valence-electron chi connectivity index (χ4n) is 2.18. The molecule has 21 heavy (non-hydrogen) atoms. The Morgan fingerprint density at radius 2 is 1.86 bits per heavy atom. The van der Waals surface area contributed by atoms with E-state index >= 15 is 0 Å². The van der Waals surface area contributed by atoms with E-state index in [9.17, 15) is 4.79 Å². The third-order valence-electron chi connectivity index (χ3n) is 3.22. The van der Waals surface area contributed by atoms with Crippen molar-refractivity contribution in [3.63, 3.8) is 0 Å². The number of carbonyl (C=O) groups is 1. The first-order chi connectivity index (χ1) is 10.1. The zero-order valence-electron chi connectivity index (χ0n) is 13.5. The Morgan fingerprint density at radius 1 is 1.19 bits per heavy atom. The summed E-state index contributed by atoms with van der Waals surface area (Å²) in [4.78, 5) is 11.7. The summed E-state index contributed by atoms with van der Waals surface area (Å²) in [5, 5.41) is 3.39. The minimum absolute atomic E-state index is 0.301. The van der Waals surface area contributed by atoms with Crippen LogP contribution in [0.4, 0.5) is 0 Å². The van der Waals surface area contributed by atoms with E-state index in [1.807, 2.05) is 31.2 Å². The van der Waals surface area contributed by atoms with Crippen molar-refractivity contribution >= 4 is 5.97 Å². The van der Waals surface area contributed by atoms with Gasteiger partial charge in [0, 0.05) is 6.04 Å². The normalized spacial score (nSPS) is 13.5. The number of ether oxygens (including phenoxy) is 2. The quantitative estimate of drug-likeness (QED) is 0.711. The molecular formula is C17H27NO3. The summed E-state index contributed by atoms with van der Waals surface area (Å²) in [6.45, 7) is 9.33. The molecule has 0 saturated heterocycles. The molecule has 0 aliphatic heterocycles. The predicted octanol–water partition coefficient (Wildman–Crippen LogP) is 2.95. The molecule has 1 aromatic carbocycles. The highest BCUT2D eigenvalue weighted by Crippen LogP contribution is 2.16. The molecule has 0 aromatic heterocycles. The van der Waals surface area contributed by atoms with Crippen LogP contribution >= 0.6 is 0 Å². The van der Waals surface area contributed by atoms with Crippen molar-refractivity contribution < 1.29 is 14.3 Å². The van der Waals surface area contributed by atoms with Gasteiger partial charge in [0.2, 0.25) is 0 Å². The summed E-state index contributed by atoms with van der Waals surface area (Å²) in [5.74, 6) is 0.402.